The van der Waals surface area contributed by atoms with Gasteiger partial charge >= 0.3 is 23.9 Å². The fourth-order valence-electron chi connectivity index (χ4n) is 3.84. The quantitative estimate of drug-likeness (QED) is 0.245. The van der Waals surface area contributed by atoms with Crippen molar-refractivity contribution in [3.63, 3.8) is 0 Å². The van der Waals surface area contributed by atoms with Crippen LogP contribution in [0.1, 0.15) is 92.1 Å². The molecule has 37 heavy (non-hydrogen) atoms. The lowest BCUT2D eigenvalue weighted by Gasteiger charge is -2.26. The van der Waals surface area contributed by atoms with Gasteiger partial charge in [0.25, 0.3) is 0 Å². The summed E-state index contributed by atoms with van der Waals surface area (Å²) in [6.07, 6.45) is 2.36. The summed E-state index contributed by atoms with van der Waals surface area (Å²) in [7, 11) is 0. The summed E-state index contributed by atoms with van der Waals surface area (Å²) in [6, 6.07) is 3.23. The van der Waals surface area contributed by atoms with Crippen LogP contribution >= 0.6 is 0 Å². The molecule has 9 heteroatoms. The number of ether oxygens (including phenoxy) is 3. The maximum atomic E-state index is 12.7. The molecule has 0 radical (unpaired) electrons. The number of hydrogen-bond donors (Lipinski definition) is 2. The van der Waals surface area contributed by atoms with E-state index in [4.69, 9.17) is 19.9 Å². The number of aliphatic carboxylic acids is 1. The molecule has 3 N–H and O–H groups in total. The first-order chi connectivity index (χ1) is 17.3. The summed E-state index contributed by atoms with van der Waals surface area (Å²) in [6.45, 7) is 12.5. The smallest absolute Gasteiger partial charge is 0.321 e. The zero-order valence-electron chi connectivity index (χ0n) is 23.1. The Bertz CT molecular complexity index is 929. The van der Waals surface area contributed by atoms with Gasteiger partial charge in [0.1, 0.15) is 6.04 Å². The zero-order valence-corrected chi connectivity index (χ0v) is 23.1. The average molecular weight is 522 g/mol. The van der Waals surface area contributed by atoms with Crippen LogP contribution in [0.15, 0.2) is 18.2 Å². The monoisotopic (exact) mass is 521 g/mol. The molecule has 1 aromatic carbocycles. The van der Waals surface area contributed by atoms with E-state index in [1.807, 2.05) is 13.8 Å². The number of carboxylic acid groups (broad SMARTS) is 1. The summed E-state index contributed by atoms with van der Waals surface area (Å²) < 4.78 is 16.6. The summed E-state index contributed by atoms with van der Waals surface area (Å²) >= 11 is 0. The van der Waals surface area contributed by atoms with E-state index in [1.54, 1.807) is 40.7 Å². The molecule has 0 aromatic heterocycles. The van der Waals surface area contributed by atoms with Crippen molar-refractivity contribution in [2.75, 3.05) is 0 Å². The van der Waals surface area contributed by atoms with E-state index in [1.165, 1.54) is 12.1 Å². The van der Waals surface area contributed by atoms with Crippen LogP contribution in [0.3, 0.4) is 0 Å². The average Bonchev–Trinajstić information content (AvgIpc) is 2.83. The van der Waals surface area contributed by atoms with Gasteiger partial charge in [0.05, 0.1) is 23.9 Å². The van der Waals surface area contributed by atoms with E-state index in [2.05, 4.69) is 0 Å². The molecule has 5 atom stereocenters. The van der Waals surface area contributed by atoms with E-state index in [0.717, 1.165) is 12.8 Å². The lowest BCUT2D eigenvalue weighted by atomic mass is 9.87. The molecule has 0 aliphatic carbocycles. The van der Waals surface area contributed by atoms with Gasteiger partial charge in [0.2, 0.25) is 0 Å². The molecule has 0 amide bonds. The SMILES string of the molecule is CCCC(C)C(=O)Oc1ccc(C(CC(C)OC(=O)C(C)C)[C@H](N)C(=O)O)cc1OC(=O)C(C)CCC. The minimum Gasteiger partial charge on any atom is -0.480 e. The number of hydrogen-bond acceptors (Lipinski definition) is 8. The largest absolute Gasteiger partial charge is 0.480 e. The molecule has 0 saturated carbocycles. The molecule has 208 valence electrons. The van der Waals surface area contributed by atoms with Crippen molar-refractivity contribution < 1.29 is 38.5 Å². The second kappa shape index (κ2) is 15.3. The summed E-state index contributed by atoms with van der Waals surface area (Å²) in [5.74, 6) is -4.36. The molecule has 0 bridgehead atoms. The van der Waals surface area contributed by atoms with Crippen molar-refractivity contribution in [2.45, 2.75) is 98.6 Å². The molecular formula is C28H43NO8. The second-order valence-electron chi connectivity index (χ2n) is 10.0. The predicted molar refractivity (Wildman–Crippen MR) is 139 cm³/mol. The molecule has 0 spiro atoms. The van der Waals surface area contributed by atoms with Crippen LogP contribution < -0.4 is 15.2 Å². The molecule has 0 saturated heterocycles. The van der Waals surface area contributed by atoms with E-state index < -0.39 is 41.9 Å². The number of benzene rings is 1. The highest BCUT2D eigenvalue weighted by molar-refractivity contribution is 5.79. The van der Waals surface area contributed by atoms with Gasteiger partial charge in [0.15, 0.2) is 11.5 Å². The van der Waals surface area contributed by atoms with Crippen LogP contribution in [0.25, 0.3) is 0 Å². The first-order valence-electron chi connectivity index (χ1n) is 13.1. The molecule has 0 aliphatic heterocycles. The number of esters is 3. The first-order valence-corrected chi connectivity index (χ1v) is 13.1. The van der Waals surface area contributed by atoms with E-state index in [0.29, 0.717) is 18.4 Å². The molecule has 0 fully saturated rings. The molecule has 0 heterocycles. The van der Waals surface area contributed by atoms with Crippen molar-refractivity contribution in [1.82, 2.24) is 0 Å². The van der Waals surface area contributed by atoms with Crippen molar-refractivity contribution in [3.8, 4) is 11.5 Å². The lowest BCUT2D eigenvalue weighted by molar-refractivity contribution is -0.152. The lowest BCUT2D eigenvalue weighted by Crippen LogP contribution is -2.38. The van der Waals surface area contributed by atoms with E-state index >= 15 is 0 Å². The predicted octanol–water partition coefficient (Wildman–Crippen LogP) is 4.84. The summed E-state index contributed by atoms with van der Waals surface area (Å²) in [4.78, 5) is 49.2. The maximum Gasteiger partial charge on any atom is 0.321 e. The third-order valence-corrected chi connectivity index (χ3v) is 6.16. The number of carboxylic acids is 1. The number of nitrogens with two attached hydrogens (primary N) is 1. The Morgan fingerprint density at radius 2 is 1.35 bits per heavy atom. The van der Waals surface area contributed by atoms with Crippen LogP contribution in [0.2, 0.25) is 0 Å². The molecular weight excluding hydrogens is 478 g/mol. The van der Waals surface area contributed by atoms with Crippen LogP contribution in [0.4, 0.5) is 0 Å². The fourth-order valence-corrected chi connectivity index (χ4v) is 3.84. The van der Waals surface area contributed by atoms with Crippen LogP contribution in [0.5, 0.6) is 11.5 Å². The first kappa shape index (κ1) is 32.1. The van der Waals surface area contributed by atoms with E-state index in [-0.39, 0.29) is 35.7 Å². The fraction of sp³-hybridized carbons (Fsp3) is 0.643. The van der Waals surface area contributed by atoms with Crippen LogP contribution in [-0.2, 0) is 23.9 Å². The standard InChI is InChI=1S/C28H43NO8/c1-8-10-17(5)27(33)36-22-13-12-20(15-23(22)37-28(34)18(6)11-9-2)21(24(29)25(30)31)14-19(7)35-26(32)16(3)4/h12-13,15-19,21,24H,8-11,14,29H2,1-7H3,(H,30,31)/t17?,18?,19?,21?,24-/m0/s1. The van der Waals surface area contributed by atoms with Crippen molar-refractivity contribution in [3.05, 3.63) is 23.8 Å². The highest BCUT2D eigenvalue weighted by Crippen LogP contribution is 2.35. The normalized spacial score (nSPS) is 15.3. The van der Waals surface area contributed by atoms with Gasteiger partial charge in [-0.25, -0.2) is 0 Å². The Hall–Kier alpha value is -2.94. The molecule has 9 nitrogen and oxygen atoms in total. The Balaban J connectivity index is 3.41. The Morgan fingerprint density at radius 3 is 1.81 bits per heavy atom. The number of rotatable bonds is 15. The van der Waals surface area contributed by atoms with Crippen molar-refractivity contribution in [2.24, 2.45) is 23.5 Å². The third-order valence-electron chi connectivity index (χ3n) is 6.16. The number of carbonyl (C=O) groups excluding carboxylic acids is 3. The third kappa shape index (κ3) is 10.1. The Kier molecular flexibility index (Phi) is 13.3. The molecule has 4 unspecified atom stereocenters. The molecule has 1 aromatic rings. The number of carbonyl (C=O) groups is 4. The van der Waals surface area contributed by atoms with Gasteiger partial charge in [0, 0.05) is 5.92 Å². The minimum atomic E-state index is -1.32. The van der Waals surface area contributed by atoms with Gasteiger partial charge in [-0.05, 0) is 43.9 Å². The highest BCUT2D eigenvalue weighted by atomic mass is 16.6. The Labute approximate surface area is 220 Å². The summed E-state index contributed by atoms with van der Waals surface area (Å²) in [5.41, 5.74) is 6.48. The second-order valence-corrected chi connectivity index (χ2v) is 10.0. The molecule has 1 rings (SSSR count). The van der Waals surface area contributed by atoms with Gasteiger partial charge in [-0.1, -0.05) is 60.5 Å². The zero-order chi connectivity index (χ0) is 28.3. The summed E-state index contributed by atoms with van der Waals surface area (Å²) in [5, 5.41) is 9.64. The van der Waals surface area contributed by atoms with Gasteiger partial charge in [-0.2, -0.15) is 0 Å². The Morgan fingerprint density at radius 1 is 0.838 bits per heavy atom. The van der Waals surface area contributed by atoms with Gasteiger partial charge < -0.3 is 25.1 Å². The van der Waals surface area contributed by atoms with Gasteiger partial charge in [-0.15, -0.1) is 0 Å². The van der Waals surface area contributed by atoms with Gasteiger partial charge in [-0.3, -0.25) is 19.2 Å². The van der Waals surface area contributed by atoms with Crippen molar-refractivity contribution in [1.29, 1.82) is 0 Å². The van der Waals surface area contributed by atoms with E-state index in [9.17, 15) is 24.3 Å². The minimum absolute atomic E-state index is 0.0110. The maximum absolute atomic E-state index is 12.7. The van der Waals surface area contributed by atoms with Crippen LogP contribution in [0, 0.1) is 17.8 Å². The van der Waals surface area contributed by atoms with Crippen LogP contribution in [-0.4, -0.2) is 41.1 Å². The topological polar surface area (TPSA) is 142 Å². The molecule has 0 aliphatic rings. The highest BCUT2D eigenvalue weighted by Gasteiger charge is 2.31. The van der Waals surface area contributed by atoms with Crippen molar-refractivity contribution >= 4 is 23.9 Å².